The summed E-state index contributed by atoms with van der Waals surface area (Å²) in [5, 5.41) is 0.412. The number of rotatable bonds is 0. The van der Waals surface area contributed by atoms with Gasteiger partial charge in [0.15, 0.2) is 5.89 Å². The van der Waals surface area contributed by atoms with Crippen molar-refractivity contribution in [1.29, 1.82) is 0 Å². The average molecular weight is 174 g/mol. The Balaban J connectivity index is 3.13. The molecule has 0 aliphatic heterocycles. The Hall–Kier alpha value is -0.500. The SMILES string of the molecule is Cc1nc(C(C)(C)C)c(Cl)o1. The van der Waals surface area contributed by atoms with Crippen LogP contribution in [0.25, 0.3) is 0 Å². The third kappa shape index (κ3) is 1.74. The first-order valence-corrected chi connectivity index (χ1v) is 3.92. The molecule has 0 amide bonds. The lowest BCUT2D eigenvalue weighted by Gasteiger charge is -2.13. The summed E-state index contributed by atoms with van der Waals surface area (Å²) in [4.78, 5) is 4.18. The minimum atomic E-state index is -0.0329. The molecule has 0 atom stereocenters. The van der Waals surface area contributed by atoms with Crippen molar-refractivity contribution in [2.45, 2.75) is 33.1 Å². The number of aryl methyl sites for hydroxylation is 1. The molecule has 0 N–H and O–H groups in total. The fraction of sp³-hybridized carbons (Fsp3) is 0.625. The minimum absolute atomic E-state index is 0.0329. The highest BCUT2D eigenvalue weighted by Crippen LogP contribution is 2.28. The number of nitrogens with zero attached hydrogens (tertiary/aromatic N) is 1. The molecule has 1 aromatic rings. The molecule has 3 heteroatoms. The lowest BCUT2D eigenvalue weighted by atomic mass is 9.93. The quantitative estimate of drug-likeness (QED) is 0.603. The summed E-state index contributed by atoms with van der Waals surface area (Å²) >= 11 is 5.80. The van der Waals surface area contributed by atoms with E-state index in [1.54, 1.807) is 6.92 Å². The van der Waals surface area contributed by atoms with E-state index >= 15 is 0 Å². The fourth-order valence-electron chi connectivity index (χ4n) is 0.865. The topological polar surface area (TPSA) is 26.0 Å². The van der Waals surface area contributed by atoms with Crippen molar-refractivity contribution in [3.63, 3.8) is 0 Å². The van der Waals surface area contributed by atoms with E-state index in [1.807, 2.05) is 0 Å². The van der Waals surface area contributed by atoms with Gasteiger partial charge in [0.05, 0.1) is 0 Å². The van der Waals surface area contributed by atoms with E-state index in [0.29, 0.717) is 11.1 Å². The predicted molar refractivity (Wildman–Crippen MR) is 45.0 cm³/mol. The average Bonchev–Trinajstić information content (AvgIpc) is 2.08. The molecule has 0 aromatic carbocycles. The molecule has 0 spiro atoms. The highest BCUT2D eigenvalue weighted by molar-refractivity contribution is 6.29. The molecule has 0 fully saturated rings. The summed E-state index contributed by atoms with van der Waals surface area (Å²) in [6, 6.07) is 0. The highest BCUT2D eigenvalue weighted by atomic mass is 35.5. The maximum atomic E-state index is 5.80. The number of hydrogen-bond acceptors (Lipinski definition) is 2. The molecule has 62 valence electrons. The molecule has 11 heavy (non-hydrogen) atoms. The molecule has 0 aliphatic rings. The third-order valence-corrected chi connectivity index (χ3v) is 1.66. The molecule has 1 aromatic heterocycles. The Labute approximate surface area is 71.6 Å². The van der Waals surface area contributed by atoms with Gasteiger partial charge in [-0.15, -0.1) is 0 Å². The zero-order valence-corrected chi connectivity index (χ0v) is 7.99. The predicted octanol–water partition coefficient (Wildman–Crippen LogP) is 2.93. The van der Waals surface area contributed by atoms with Gasteiger partial charge in [-0.3, -0.25) is 0 Å². The van der Waals surface area contributed by atoms with E-state index < -0.39 is 0 Å². The van der Waals surface area contributed by atoms with Crippen molar-refractivity contribution in [1.82, 2.24) is 4.98 Å². The Bertz CT molecular complexity index is 260. The van der Waals surface area contributed by atoms with Gasteiger partial charge >= 0.3 is 0 Å². The van der Waals surface area contributed by atoms with Crippen LogP contribution in [-0.4, -0.2) is 4.98 Å². The summed E-state index contributed by atoms with van der Waals surface area (Å²) in [6.07, 6.45) is 0. The van der Waals surface area contributed by atoms with Gasteiger partial charge in [-0.1, -0.05) is 20.8 Å². The van der Waals surface area contributed by atoms with E-state index in [0.717, 1.165) is 5.69 Å². The molecule has 0 saturated heterocycles. The maximum Gasteiger partial charge on any atom is 0.217 e. The van der Waals surface area contributed by atoms with E-state index in [4.69, 9.17) is 16.0 Å². The Kier molecular flexibility index (Phi) is 1.97. The number of halogens is 1. The molecular weight excluding hydrogens is 162 g/mol. The normalized spacial score (nSPS) is 12.1. The lowest BCUT2D eigenvalue weighted by molar-refractivity contribution is 0.516. The molecule has 1 rings (SSSR count). The van der Waals surface area contributed by atoms with Crippen LogP contribution in [0.2, 0.25) is 5.22 Å². The molecule has 0 unspecified atom stereocenters. The standard InChI is InChI=1S/C8H12ClNO/c1-5-10-6(7(9)11-5)8(2,3)4/h1-4H3. The van der Waals surface area contributed by atoms with Crippen molar-refractivity contribution in [2.24, 2.45) is 0 Å². The second-order valence-corrected chi connectivity index (χ2v) is 3.95. The molecule has 0 bridgehead atoms. The summed E-state index contributed by atoms with van der Waals surface area (Å²) in [5.41, 5.74) is 0.797. The van der Waals surface area contributed by atoms with Crippen LogP contribution >= 0.6 is 11.6 Å². The van der Waals surface area contributed by atoms with Crippen LogP contribution in [-0.2, 0) is 5.41 Å². The molecule has 2 nitrogen and oxygen atoms in total. The molecule has 1 heterocycles. The van der Waals surface area contributed by atoms with Crippen LogP contribution in [0.3, 0.4) is 0 Å². The Morgan fingerprint density at radius 1 is 1.36 bits per heavy atom. The van der Waals surface area contributed by atoms with Crippen molar-refractivity contribution < 1.29 is 4.42 Å². The number of aromatic nitrogens is 1. The van der Waals surface area contributed by atoms with Crippen LogP contribution in [0.5, 0.6) is 0 Å². The first-order valence-electron chi connectivity index (χ1n) is 3.54. The van der Waals surface area contributed by atoms with Gasteiger partial charge in [0.2, 0.25) is 5.22 Å². The Morgan fingerprint density at radius 2 is 1.91 bits per heavy atom. The van der Waals surface area contributed by atoms with Gasteiger partial charge in [-0.25, -0.2) is 4.98 Å². The van der Waals surface area contributed by atoms with Gasteiger partial charge < -0.3 is 4.42 Å². The van der Waals surface area contributed by atoms with Crippen LogP contribution in [0, 0.1) is 6.92 Å². The summed E-state index contributed by atoms with van der Waals surface area (Å²) in [7, 11) is 0. The van der Waals surface area contributed by atoms with Crippen LogP contribution < -0.4 is 0 Å². The van der Waals surface area contributed by atoms with Crippen molar-refractivity contribution >= 4 is 11.6 Å². The zero-order chi connectivity index (χ0) is 8.65. The number of oxazole rings is 1. The van der Waals surface area contributed by atoms with Gasteiger partial charge in [-0.05, 0) is 11.6 Å². The van der Waals surface area contributed by atoms with Gasteiger partial charge in [0.25, 0.3) is 0 Å². The first kappa shape index (κ1) is 8.60. The Morgan fingerprint density at radius 3 is 2.09 bits per heavy atom. The summed E-state index contributed by atoms with van der Waals surface area (Å²) < 4.78 is 5.10. The summed E-state index contributed by atoms with van der Waals surface area (Å²) in [6.45, 7) is 7.95. The van der Waals surface area contributed by atoms with Gasteiger partial charge in [0, 0.05) is 12.3 Å². The third-order valence-electron chi connectivity index (χ3n) is 1.40. The molecular formula is C8H12ClNO. The van der Waals surface area contributed by atoms with Crippen molar-refractivity contribution in [3.05, 3.63) is 16.8 Å². The van der Waals surface area contributed by atoms with Crippen molar-refractivity contribution in [2.75, 3.05) is 0 Å². The summed E-state index contributed by atoms with van der Waals surface area (Å²) in [5.74, 6) is 0.625. The fourth-order valence-corrected chi connectivity index (χ4v) is 1.30. The van der Waals surface area contributed by atoms with Crippen LogP contribution in [0.15, 0.2) is 4.42 Å². The maximum absolute atomic E-state index is 5.80. The highest BCUT2D eigenvalue weighted by Gasteiger charge is 2.22. The largest absolute Gasteiger partial charge is 0.429 e. The molecule has 0 radical (unpaired) electrons. The second-order valence-electron chi connectivity index (χ2n) is 3.61. The van der Waals surface area contributed by atoms with E-state index in [-0.39, 0.29) is 5.41 Å². The lowest BCUT2D eigenvalue weighted by Crippen LogP contribution is -2.12. The zero-order valence-electron chi connectivity index (χ0n) is 7.23. The molecule has 0 saturated carbocycles. The van der Waals surface area contributed by atoms with E-state index in [1.165, 1.54) is 0 Å². The number of hydrogen-bond donors (Lipinski definition) is 0. The monoisotopic (exact) mass is 173 g/mol. The first-order chi connectivity index (χ1) is 4.91. The smallest absolute Gasteiger partial charge is 0.217 e. The van der Waals surface area contributed by atoms with E-state index in [9.17, 15) is 0 Å². The molecule has 0 aliphatic carbocycles. The van der Waals surface area contributed by atoms with Crippen molar-refractivity contribution in [3.8, 4) is 0 Å². The van der Waals surface area contributed by atoms with Crippen LogP contribution in [0.1, 0.15) is 32.4 Å². The minimum Gasteiger partial charge on any atom is -0.429 e. The van der Waals surface area contributed by atoms with Crippen LogP contribution in [0.4, 0.5) is 0 Å². The van der Waals surface area contributed by atoms with E-state index in [2.05, 4.69) is 25.8 Å². The van der Waals surface area contributed by atoms with Gasteiger partial charge in [-0.2, -0.15) is 0 Å². The second kappa shape index (κ2) is 2.52. The van der Waals surface area contributed by atoms with Gasteiger partial charge in [0.1, 0.15) is 5.69 Å².